The first-order valence-electron chi connectivity index (χ1n) is 6.59. The monoisotopic (exact) mass is 268 g/mol. The molecule has 0 saturated carbocycles. The minimum atomic E-state index is -0.112. The van der Waals surface area contributed by atoms with Crippen molar-refractivity contribution in [2.45, 2.75) is 27.7 Å². The van der Waals surface area contributed by atoms with E-state index in [1.807, 2.05) is 52.0 Å². The third kappa shape index (κ3) is 2.39. The Bertz CT molecular complexity index is 656. The molecule has 4 N–H and O–H groups in total. The minimum Gasteiger partial charge on any atom is -0.398 e. The van der Waals surface area contributed by atoms with Gasteiger partial charge in [0.25, 0.3) is 0 Å². The van der Waals surface area contributed by atoms with Crippen LogP contribution in [0.15, 0.2) is 24.3 Å². The number of hydrogen-bond donors (Lipinski definition) is 2. The zero-order valence-corrected chi connectivity index (χ0v) is 12.4. The molecule has 0 aliphatic rings. The lowest BCUT2D eigenvalue weighted by Crippen LogP contribution is -2.12. The number of aryl methyl sites for hydroxylation is 4. The highest BCUT2D eigenvalue weighted by molar-refractivity contribution is 6.16. The maximum atomic E-state index is 12.7. The summed E-state index contributed by atoms with van der Waals surface area (Å²) in [7, 11) is 0. The molecule has 0 bridgehead atoms. The van der Waals surface area contributed by atoms with Gasteiger partial charge in [-0.15, -0.1) is 0 Å². The molecule has 0 aromatic heterocycles. The fraction of sp³-hybridized carbons (Fsp3) is 0.235. The molecule has 0 radical (unpaired) electrons. The molecule has 3 nitrogen and oxygen atoms in total. The van der Waals surface area contributed by atoms with Crippen molar-refractivity contribution in [2.75, 3.05) is 11.5 Å². The van der Waals surface area contributed by atoms with E-state index in [1.165, 1.54) is 0 Å². The van der Waals surface area contributed by atoms with Crippen LogP contribution in [0.5, 0.6) is 0 Å². The summed E-state index contributed by atoms with van der Waals surface area (Å²) in [5.41, 5.74) is 18.0. The van der Waals surface area contributed by atoms with E-state index in [-0.39, 0.29) is 5.78 Å². The maximum Gasteiger partial charge on any atom is 0.197 e. The molecule has 0 amide bonds. The standard InChI is InChI=1S/C17H20N2O/c1-9-5-10(2)7-13(6-9)17(20)14-15(18)11(3)8-12(4)16(14)19/h5-8H,18-19H2,1-4H3. The molecule has 0 saturated heterocycles. The van der Waals surface area contributed by atoms with Crippen LogP contribution in [0.25, 0.3) is 0 Å². The van der Waals surface area contributed by atoms with Gasteiger partial charge in [0.05, 0.1) is 5.56 Å². The number of nitrogen functional groups attached to an aromatic ring is 2. The average molecular weight is 268 g/mol. The number of carbonyl (C=O) groups excluding carboxylic acids is 1. The van der Waals surface area contributed by atoms with Crippen molar-refractivity contribution in [2.24, 2.45) is 0 Å². The third-order valence-corrected chi connectivity index (χ3v) is 3.53. The molecule has 0 atom stereocenters. The second-order valence-electron chi connectivity index (χ2n) is 5.42. The van der Waals surface area contributed by atoms with Crippen molar-refractivity contribution in [1.29, 1.82) is 0 Å². The van der Waals surface area contributed by atoms with Crippen LogP contribution in [-0.4, -0.2) is 5.78 Å². The summed E-state index contributed by atoms with van der Waals surface area (Å²) in [6, 6.07) is 7.67. The third-order valence-electron chi connectivity index (χ3n) is 3.53. The largest absolute Gasteiger partial charge is 0.398 e. The molecule has 0 heterocycles. The predicted octanol–water partition coefficient (Wildman–Crippen LogP) is 3.32. The average Bonchev–Trinajstić information content (AvgIpc) is 2.35. The SMILES string of the molecule is Cc1cc(C)cc(C(=O)c2c(N)c(C)cc(C)c2N)c1. The molecule has 2 aromatic carbocycles. The molecule has 20 heavy (non-hydrogen) atoms. The summed E-state index contributed by atoms with van der Waals surface area (Å²) in [5, 5.41) is 0. The second kappa shape index (κ2) is 5.00. The van der Waals surface area contributed by atoms with Gasteiger partial charge in [-0.25, -0.2) is 0 Å². The smallest absolute Gasteiger partial charge is 0.197 e. The molecular weight excluding hydrogens is 248 g/mol. The number of hydrogen-bond acceptors (Lipinski definition) is 3. The summed E-state index contributed by atoms with van der Waals surface area (Å²) in [6.07, 6.45) is 0. The van der Waals surface area contributed by atoms with E-state index in [2.05, 4.69) is 0 Å². The molecule has 104 valence electrons. The van der Waals surface area contributed by atoms with Crippen molar-refractivity contribution in [3.8, 4) is 0 Å². The first-order valence-corrected chi connectivity index (χ1v) is 6.59. The molecule has 0 aliphatic heterocycles. The van der Waals surface area contributed by atoms with Crippen LogP contribution in [0.4, 0.5) is 11.4 Å². The molecule has 0 unspecified atom stereocenters. The zero-order chi connectivity index (χ0) is 15.0. The maximum absolute atomic E-state index is 12.7. The van der Waals surface area contributed by atoms with Crippen LogP contribution < -0.4 is 11.5 Å². The van der Waals surface area contributed by atoms with Gasteiger partial charge in [0, 0.05) is 16.9 Å². The number of benzene rings is 2. The van der Waals surface area contributed by atoms with Crippen LogP contribution in [0.3, 0.4) is 0 Å². The summed E-state index contributed by atoms with van der Waals surface area (Å²) >= 11 is 0. The van der Waals surface area contributed by atoms with E-state index in [9.17, 15) is 4.79 Å². The van der Waals surface area contributed by atoms with Crippen LogP contribution in [0, 0.1) is 27.7 Å². The Labute approximate surface area is 119 Å². The van der Waals surface area contributed by atoms with Gasteiger partial charge in [0.1, 0.15) is 0 Å². The van der Waals surface area contributed by atoms with Gasteiger partial charge in [-0.3, -0.25) is 4.79 Å². The van der Waals surface area contributed by atoms with E-state index in [1.54, 1.807) is 0 Å². The normalized spacial score (nSPS) is 10.6. The van der Waals surface area contributed by atoms with Gasteiger partial charge >= 0.3 is 0 Å². The lowest BCUT2D eigenvalue weighted by molar-refractivity contribution is 0.104. The van der Waals surface area contributed by atoms with Crippen molar-refractivity contribution < 1.29 is 4.79 Å². The van der Waals surface area contributed by atoms with Gasteiger partial charge in [-0.2, -0.15) is 0 Å². The lowest BCUT2D eigenvalue weighted by Gasteiger charge is -2.14. The summed E-state index contributed by atoms with van der Waals surface area (Å²) in [5.74, 6) is -0.112. The van der Waals surface area contributed by atoms with E-state index in [0.29, 0.717) is 22.5 Å². The fourth-order valence-electron chi connectivity index (χ4n) is 2.51. The zero-order valence-electron chi connectivity index (χ0n) is 12.4. The first-order chi connectivity index (χ1) is 9.31. The molecule has 3 heteroatoms. The number of carbonyl (C=O) groups is 1. The highest BCUT2D eigenvalue weighted by Gasteiger charge is 2.19. The van der Waals surface area contributed by atoms with E-state index in [0.717, 1.165) is 22.3 Å². The molecule has 2 aromatic rings. The van der Waals surface area contributed by atoms with Crippen molar-refractivity contribution in [3.63, 3.8) is 0 Å². The van der Waals surface area contributed by atoms with Crippen LogP contribution in [-0.2, 0) is 0 Å². The number of rotatable bonds is 2. The van der Waals surface area contributed by atoms with Gasteiger partial charge in [-0.05, 0) is 51.0 Å². The first kappa shape index (κ1) is 14.1. The molecule has 0 fully saturated rings. The van der Waals surface area contributed by atoms with Gasteiger partial charge in [-0.1, -0.05) is 23.3 Å². The van der Waals surface area contributed by atoms with Gasteiger partial charge in [0.2, 0.25) is 0 Å². The topological polar surface area (TPSA) is 69.1 Å². The van der Waals surface area contributed by atoms with Crippen molar-refractivity contribution in [1.82, 2.24) is 0 Å². The van der Waals surface area contributed by atoms with Gasteiger partial charge < -0.3 is 11.5 Å². The van der Waals surface area contributed by atoms with E-state index >= 15 is 0 Å². The van der Waals surface area contributed by atoms with Gasteiger partial charge in [0.15, 0.2) is 5.78 Å². The Morgan fingerprint density at radius 3 is 1.70 bits per heavy atom. The molecular formula is C17H20N2O. The number of nitrogens with two attached hydrogens (primary N) is 2. The molecule has 0 spiro atoms. The highest BCUT2D eigenvalue weighted by atomic mass is 16.1. The predicted molar refractivity (Wildman–Crippen MR) is 84.1 cm³/mol. The Morgan fingerprint density at radius 2 is 1.25 bits per heavy atom. The summed E-state index contributed by atoms with van der Waals surface area (Å²) in [6.45, 7) is 7.72. The van der Waals surface area contributed by atoms with Crippen LogP contribution >= 0.6 is 0 Å². The minimum absolute atomic E-state index is 0.112. The number of anilines is 2. The summed E-state index contributed by atoms with van der Waals surface area (Å²) in [4.78, 5) is 12.7. The van der Waals surface area contributed by atoms with E-state index < -0.39 is 0 Å². The highest BCUT2D eigenvalue weighted by Crippen LogP contribution is 2.29. The van der Waals surface area contributed by atoms with Crippen LogP contribution in [0.2, 0.25) is 0 Å². The summed E-state index contributed by atoms with van der Waals surface area (Å²) < 4.78 is 0. The van der Waals surface area contributed by atoms with E-state index in [4.69, 9.17) is 11.5 Å². The van der Waals surface area contributed by atoms with Crippen molar-refractivity contribution in [3.05, 3.63) is 57.6 Å². The van der Waals surface area contributed by atoms with Crippen molar-refractivity contribution >= 4 is 17.2 Å². The Kier molecular flexibility index (Phi) is 3.53. The molecule has 0 aliphatic carbocycles. The van der Waals surface area contributed by atoms with Crippen LogP contribution in [0.1, 0.15) is 38.2 Å². The molecule has 2 rings (SSSR count). The lowest BCUT2D eigenvalue weighted by atomic mass is 9.93. The Morgan fingerprint density at radius 1 is 0.800 bits per heavy atom. The Balaban J connectivity index is 2.65. The fourth-order valence-corrected chi connectivity index (χ4v) is 2.51. The quantitative estimate of drug-likeness (QED) is 0.648. The second-order valence-corrected chi connectivity index (χ2v) is 5.42. The Hall–Kier alpha value is -2.29. The number of ketones is 1.